The third-order valence-electron chi connectivity index (χ3n) is 3.38. The van der Waals surface area contributed by atoms with Crippen molar-refractivity contribution >= 4 is 23.0 Å². The highest BCUT2D eigenvalue weighted by Crippen LogP contribution is 2.31. The van der Waals surface area contributed by atoms with E-state index in [0.29, 0.717) is 11.0 Å². The quantitative estimate of drug-likeness (QED) is 0.635. The number of nitrogens with one attached hydrogen (secondary N) is 2. The predicted octanol–water partition coefficient (Wildman–Crippen LogP) is 2.79. The van der Waals surface area contributed by atoms with Crippen LogP contribution >= 0.6 is 12.2 Å². The van der Waals surface area contributed by atoms with Crippen molar-refractivity contribution < 1.29 is 0 Å². The van der Waals surface area contributed by atoms with Crippen LogP contribution in [0.4, 0.5) is 0 Å². The molecule has 0 heterocycles. The zero-order chi connectivity index (χ0) is 12.8. The number of hydrogen-bond donors (Lipinski definition) is 2. The third kappa shape index (κ3) is 3.53. The van der Waals surface area contributed by atoms with Crippen molar-refractivity contribution in [1.29, 1.82) is 0 Å². The molecule has 2 N–H and O–H groups in total. The summed E-state index contributed by atoms with van der Waals surface area (Å²) >= 11 is 4.99. The van der Waals surface area contributed by atoms with Crippen LogP contribution in [0.15, 0.2) is 35.4 Å². The maximum absolute atomic E-state index is 4.99. The second kappa shape index (κ2) is 6.50. The van der Waals surface area contributed by atoms with E-state index >= 15 is 0 Å². The molecule has 1 aromatic rings. The summed E-state index contributed by atoms with van der Waals surface area (Å²) in [6.45, 7) is 0. The molecule has 0 amide bonds. The lowest BCUT2D eigenvalue weighted by atomic mass is 9.83. The van der Waals surface area contributed by atoms with Gasteiger partial charge in [0.25, 0.3) is 0 Å². The summed E-state index contributed by atoms with van der Waals surface area (Å²) in [6.07, 6.45) is 4.46. The molecule has 0 atom stereocenters. The molecular weight excluding hydrogens is 242 g/mol. The Balaban J connectivity index is 1.87. The zero-order valence-corrected chi connectivity index (χ0v) is 11.5. The van der Waals surface area contributed by atoms with Crippen molar-refractivity contribution in [3.63, 3.8) is 0 Å². The summed E-state index contributed by atoms with van der Waals surface area (Å²) in [6, 6.07) is 10.8. The molecule has 1 aromatic carbocycles. The van der Waals surface area contributed by atoms with Gasteiger partial charge in [-0.15, -0.1) is 0 Å². The van der Waals surface area contributed by atoms with E-state index in [2.05, 4.69) is 46.2 Å². The second-order valence-electron chi connectivity index (χ2n) is 4.55. The molecule has 1 fully saturated rings. The molecule has 0 saturated heterocycles. The molecule has 0 aromatic heterocycles. The van der Waals surface area contributed by atoms with Gasteiger partial charge in [0.15, 0.2) is 5.11 Å². The van der Waals surface area contributed by atoms with E-state index in [9.17, 15) is 0 Å². The molecule has 1 saturated carbocycles. The number of thiocarbonyl (C=S) groups is 1. The number of nitrogens with zero attached hydrogens (tertiary/aromatic N) is 1. The van der Waals surface area contributed by atoms with Gasteiger partial charge < -0.3 is 5.32 Å². The third-order valence-corrected chi connectivity index (χ3v) is 3.67. The van der Waals surface area contributed by atoms with Crippen molar-refractivity contribution in [2.75, 3.05) is 7.05 Å². The van der Waals surface area contributed by atoms with Crippen LogP contribution in [0.3, 0.4) is 0 Å². The molecule has 0 unspecified atom stereocenters. The fourth-order valence-corrected chi connectivity index (χ4v) is 2.35. The van der Waals surface area contributed by atoms with E-state index in [1.165, 1.54) is 24.1 Å². The summed E-state index contributed by atoms with van der Waals surface area (Å²) < 4.78 is 0. The Kier molecular flexibility index (Phi) is 4.70. The molecule has 1 aliphatic rings. The monoisotopic (exact) mass is 261 g/mol. The van der Waals surface area contributed by atoms with Gasteiger partial charge in [-0.1, -0.05) is 30.3 Å². The highest BCUT2D eigenvalue weighted by molar-refractivity contribution is 7.80. The lowest BCUT2D eigenvalue weighted by Gasteiger charge is -2.23. The summed E-state index contributed by atoms with van der Waals surface area (Å²) in [5.74, 6) is 0.682. The lowest BCUT2D eigenvalue weighted by Crippen LogP contribution is -2.30. The van der Waals surface area contributed by atoms with Crippen molar-refractivity contribution in [2.45, 2.75) is 31.6 Å². The molecule has 0 aliphatic heterocycles. The normalized spacial score (nSPS) is 19.2. The predicted molar refractivity (Wildman–Crippen MR) is 79.9 cm³/mol. The van der Waals surface area contributed by atoms with Crippen LogP contribution in [0, 0.1) is 0 Å². The number of hydrazone groups is 1. The van der Waals surface area contributed by atoms with Crippen LogP contribution in [0.5, 0.6) is 0 Å². The maximum atomic E-state index is 4.99. The zero-order valence-electron chi connectivity index (χ0n) is 10.6. The average molecular weight is 261 g/mol. The fraction of sp³-hybridized carbons (Fsp3) is 0.429. The SMILES string of the molecule is CNC(=S)NN=C1CCC(c2ccccc2)CC1. The molecule has 0 radical (unpaired) electrons. The standard InChI is InChI=1S/C14H19N3S/c1-15-14(18)17-16-13-9-7-12(8-10-13)11-5-3-2-4-6-11/h2-6,12H,7-10H2,1H3,(H2,15,17,18). The van der Waals surface area contributed by atoms with Gasteiger partial charge in [0, 0.05) is 12.8 Å². The van der Waals surface area contributed by atoms with Crippen LogP contribution in [-0.2, 0) is 0 Å². The Morgan fingerprint density at radius 1 is 1.22 bits per heavy atom. The molecule has 2 rings (SSSR count). The molecule has 3 nitrogen and oxygen atoms in total. The molecule has 18 heavy (non-hydrogen) atoms. The highest BCUT2D eigenvalue weighted by Gasteiger charge is 2.18. The van der Waals surface area contributed by atoms with E-state index in [1.807, 2.05) is 0 Å². The van der Waals surface area contributed by atoms with Crippen LogP contribution < -0.4 is 10.7 Å². The Hall–Kier alpha value is -1.42. The molecular formula is C14H19N3S. The van der Waals surface area contributed by atoms with E-state index in [-0.39, 0.29) is 0 Å². The first-order chi connectivity index (χ1) is 8.79. The number of rotatable bonds is 2. The van der Waals surface area contributed by atoms with Gasteiger partial charge in [0.05, 0.1) is 0 Å². The second-order valence-corrected chi connectivity index (χ2v) is 4.96. The van der Waals surface area contributed by atoms with E-state index in [0.717, 1.165) is 12.8 Å². The van der Waals surface area contributed by atoms with Crippen molar-refractivity contribution in [3.05, 3.63) is 35.9 Å². The van der Waals surface area contributed by atoms with E-state index < -0.39 is 0 Å². The van der Waals surface area contributed by atoms with Crippen LogP contribution in [0.25, 0.3) is 0 Å². The van der Waals surface area contributed by atoms with Gasteiger partial charge in [0.1, 0.15) is 0 Å². The van der Waals surface area contributed by atoms with E-state index in [4.69, 9.17) is 12.2 Å². The number of benzene rings is 1. The minimum Gasteiger partial charge on any atom is -0.364 e. The average Bonchev–Trinajstić information content (AvgIpc) is 2.46. The van der Waals surface area contributed by atoms with Crippen LogP contribution in [0.1, 0.15) is 37.2 Å². The smallest absolute Gasteiger partial charge is 0.186 e. The molecule has 96 valence electrons. The van der Waals surface area contributed by atoms with Gasteiger partial charge >= 0.3 is 0 Å². The van der Waals surface area contributed by atoms with Crippen molar-refractivity contribution in [3.8, 4) is 0 Å². The van der Waals surface area contributed by atoms with Gasteiger partial charge in [-0.3, -0.25) is 5.43 Å². The Morgan fingerprint density at radius 3 is 2.50 bits per heavy atom. The minimum absolute atomic E-state index is 0.577. The van der Waals surface area contributed by atoms with Gasteiger partial charge in [-0.2, -0.15) is 5.10 Å². The summed E-state index contributed by atoms with van der Waals surface area (Å²) in [5.41, 5.74) is 5.54. The van der Waals surface area contributed by atoms with Gasteiger partial charge in [0.2, 0.25) is 0 Å². The van der Waals surface area contributed by atoms with Crippen LogP contribution in [-0.4, -0.2) is 17.9 Å². The Morgan fingerprint density at radius 2 is 1.89 bits per heavy atom. The first-order valence-electron chi connectivity index (χ1n) is 6.37. The minimum atomic E-state index is 0.577. The molecule has 0 bridgehead atoms. The Labute approximate surface area is 114 Å². The first kappa shape index (κ1) is 13.0. The topological polar surface area (TPSA) is 36.4 Å². The highest BCUT2D eigenvalue weighted by atomic mass is 32.1. The first-order valence-corrected chi connectivity index (χ1v) is 6.78. The largest absolute Gasteiger partial charge is 0.364 e. The molecule has 0 spiro atoms. The van der Waals surface area contributed by atoms with Crippen LogP contribution in [0.2, 0.25) is 0 Å². The van der Waals surface area contributed by atoms with Crippen molar-refractivity contribution in [1.82, 2.24) is 10.7 Å². The van der Waals surface area contributed by atoms with Gasteiger partial charge in [-0.25, -0.2) is 0 Å². The van der Waals surface area contributed by atoms with E-state index in [1.54, 1.807) is 7.05 Å². The summed E-state index contributed by atoms with van der Waals surface area (Å²) in [4.78, 5) is 0. The molecule has 4 heteroatoms. The Bertz CT molecular complexity index is 418. The molecule has 1 aliphatic carbocycles. The lowest BCUT2D eigenvalue weighted by molar-refractivity contribution is 0.564. The van der Waals surface area contributed by atoms with Crippen molar-refractivity contribution in [2.24, 2.45) is 5.10 Å². The maximum Gasteiger partial charge on any atom is 0.186 e. The summed E-state index contributed by atoms with van der Waals surface area (Å²) in [7, 11) is 1.79. The van der Waals surface area contributed by atoms with Gasteiger partial charge in [-0.05, 0) is 49.4 Å². The number of hydrogen-bond acceptors (Lipinski definition) is 2. The fourth-order valence-electron chi connectivity index (χ4n) is 2.31. The summed E-state index contributed by atoms with van der Waals surface area (Å²) in [5, 5.41) is 7.77.